The number of hydrogen-bond acceptors (Lipinski definition) is 4. The van der Waals surface area contributed by atoms with E-state index in [0.29, 0.717) is 30.3 Å². The van der Waals surface area contributed by atoms with Crippen molar-refractivity contribution < 1.29 is 4.79 Å². The van der Waals surface area contributed by atoms with Gasteiger partial charge < -0.3 is 10.6 Å². The molecule has 0 bridgehead atoms. The van der Waals surface area contributed by atoms with Crippen LogP contribution in [0.25, 0.3) is 11.4 Å². The number of rotatable bonds is 1. The zero-order valence-electron chi connectivity index (χ0n) is 9.68. The van der Waals surface area contributed by atoms with Crippen LogP contribution in [0.4, 0.5) is 5.69 Å². The third-order valence-corrected chi connectivity index (χ3v) is 2.76. The van der Waals surface area contributed by atoms with E-state index in [0.717, 1.165) is 5.56 Å². The minimum atomic E-state index is -0.158. The lowest BCUT2D eigenvalue weighted by atomic mass is 10.2. The monoisotopic (exact) mass is 240 g/mol. The first-order valence-corrected chi connectivity index (χ1v) is 5.79. The second-order valence-electron chi connectivity index (χ2n) is 4.00. The number of carbonyl (C=O) groups is 1. The van der Waals surface area contributed by atoms with Crippen molar-refractivity contribution in [1.82, 2.24) is 15.3 Å². The normalized spacial score (nSPS) is 14.1. The van der Waals surface area contributed by atoms with Crippen LogP contribution in [0.5, 0.6) is 0 Å². The number of aromatic nitrogens is 2. The fourth-order valence-corrected chi connectivity index (χ4v) is 1.87. The van der Waals surface area contributed by atoms with Crippen molar-refractivity contribution in [3.8, 4) is 11.4 Å². The molecule has 90 valence electrons. The minimum Gasteiger partial charge on any atom is -0.380 e. The molecule has 2 heterocycles. The number of benzene rings is 1. The number of fused-ring (bicyclic) bond motifs is 1. The van der Waals surface area contributed by atoms with Crippen molar-refractivity contribution >= 4 is 11.6 Å². The molecular formula is C13H12N4O. The van der Waals surface area contributed by atoms with Crippen LogP contribution in [0.1, 0.15) is 10.5 Å². The van der Waals surface area contributed by atoms with Crippen molar-refractivity contribution in [3.05, 3.63) is 42.2 Å². The van der Waals surface area contributed by atoms with Crippen LogP contribution >= 0.6 is 0 Å². The molecule has 0 radical (unpaired) electrons. The van der Waals surface area contributed by atoms with Gasteiger partial charge in [-0.25, -0.2) is 9.97 Å². The van der Waals surface area contributed by atoms with E-state index in [9.17, 15) is 4.79 Å². The largest absolute Gasteiger partial charge is 0.380 e. The Labute approximate surface area is 104 Å². The Bertz CT molecular complexity index is 583. The highest BCUT2D eigenvalue weighted by Crippen LogP contribution is 2.19. The quantitative estimate of drug-likeness (QED) is 0.788. The molecule has 1 aliphatic rings. The fourth-order valence-electron chi connectivity index (χ4n) is 1.87. The van der Waals surface area contributed by atoms with Gasteiger partial charge in [0.05, 0.1) is 11.9 Å². The average Bonchev–Trinajstić information content (AvgIpc) is 2.62. The second-order valence-corrected chi connectivity index (χ2v) is 4.00. The number of anilines is 1. The molecule has 2 N–H and O–H groups in total. The van der Waals surface area contributed by atoms with Gasteiger partial charge in [0, 0.05) is 18.7 Å². The number of nitrogens with zero attached hydrogens (tertiary/aromatic N) is 2. The van der Waals surface area contributed by atoms with Crippen LogP contribution in [0.15, 0.2) is 36.5 Å². The van der Waals surface area contributed by atoms with Crippen molar-refractivity contribution in [3.63, 3.8) is 0 Å². The van der Waals surface area contributed by atoms with Gasteiger partial charge in [0.25, 0.3) is 5.91 Å². The number of nitrogens with one attached hydrogen (secondary N) is 2. The Kier molecular flexibility index (Phi) is 2.64. The van der Waals surface area contributed by atoms with Gasteiger partial charge in [0.15, 0.2) is 11.5 Å². The molecule has 0 saturated carbocycles. The molecule has 1 aromatic carbocycles. The summed E-state index contributed by atoms with van der Waals surface area (Å²) in [6.07, 6.45) is 1.66. The summed E-state index contributed by atoms with van der Waals surface area (Å²) in [5, 5.41) is 5.91. The smallest absolute Gasteiger partial charge is 0.272 e. The SMILES string of the molecule is O=C1NCCNc2cnc(-c3ccccc3)nc21. The number of carbonyl (C=O) groups excluding carboxylic acids is 1. The van der Waals surface area contributed by atoms with Crippen molar-refractivity contribution in [2.24, 2.45) is 0 Å². The van der Waals surface area contributed by atoms with Gasteiger partial charge in [-0.15, -0.1) is 0 Å². The highest BCUT2D eigenvalue weighted by molar-refractivity contribution is 5.98. The molecule has 1 aromatic heterocycles. The highest BCUT2D eigenvalue weighted by atomic mass is 16.1. The maximum absolute atomic E-state index is 11.8. The highest BCUT2D eigenvalue weighted by Gasteiger charge is 2.17. The first-order chi connectivity index (χ1) is 8.84. The average molecular weight is 240 g/mol. The lowest BCUT2D eigenvalue weighted by Crippen LogP contribution is -2.25. The van der Waals surface area contributed by atoms with E-state index in [2.05, 4.69) is 20.6 Å². The Morgan fingerprint density at radius 3 is 2.67 bits per heavy atom. The predicted octanol–water partition coefficient (Wildman–Crippen LogP) is 1.30. The molecule has 1 amide bonds. The van der Waals surface area contributed by atoms with Gasteiger partial charge in [-0.05, 0) is 0 Å². The summed E-state index contributed by atoms with van der Waals surface area (Å²) < 4.78 is 0. The fraction of sp³-hybridized carbons (Fsp3) is 0.154. The van der Waals surface area contributed by atoms with E-state index < -0.39 is 0 Å². The molecule has 18 heavy (non-hydrogen) atoms. The molecule has 0 atom stereocenters. The molecule has 0 aliphatic carbocycles. The van der Waals surface area contributed by atoms with Gasteiger partial charge >= 0.3 is 0 Å². The van der Waals surface area contributed by atoms with E-state index in [1.54, 1.807) is 6.20 Å². The topological polar surface area (TPSA) is 66.9 Å². The molecule has 2 aromatic rings. The van der Waals surface area contributed by atoms with E-state index in [-0.39, 0.29) is 5.91 Å². The van der Waals surface area contributed by atoms with Crippen molar-refractivity contribution in [1.29, 1.82) is 0 Å². The van der Waals surface area contributed by atoms with Gasteiger partial charge in [-0.1, -0.05) is 30.3 Å². The lowest BCUT2D eigenvalue weighted by Gasteiger charge is -2.06. The summed E-state index contributed by atoms with van der Waals surface area (Å²) in [4.78, 5) is 20.5. The third kappa shape index (κ3) is 1.90. The predicted molar refractivity (Wildman–Crippen MR) is 68.3 cm³/mol. The number of amides is 1. The van der Waals surface area contributed by atoms with Crippen LogP contribution in [0, 0.1) is 0 Å². The molecule has 5 nitrogen and oxygen atoms in total. The zero-order chi connectivity index (χ0) is 12.4. The summed E-state index contributed by atoms with van der Waals surface area (Å²) in [5.74, 6) is 0.405. The summed E-state index contributed by atoms with van der Waals surface area (Å²) in [6, 6.07) is 9.61. The Morgan fingerprint density at radius 1 is 1.06 bits per heavy atom. The van der Waals surface area contributed by atoms with Crippen molar-refractivity contribution in [2.75, 3.05) is 18.4 Å². The van der Waals surface area contributed by atoms with Crippen LogP contribution in [0.3, 0.4) is 0 Å². The molecule has 0 saturated heterocycles. The summed E-state index contributed by atoms with van der Waals surface area (Å²) in [7, 11) is 0. The molecule has 1 aliphatic heterocycles. The number of hydrogen-bond donors (Lipinski definition) is 2. The van der Waals surface area contributed by atoms with Gasteiger partial charge in [-0.3, -0.25) is 4.79 Å². The summed E-state index contributed by atoms with van der Waals surface area (Å²) in [5.41, 5.74) is 1.99. The zero-order valence-corrected chi connectivity index (χ0v) is 9.68. The molecule has 0 fully saturated rings. The van der Waals surface area contributed by atoms with Crippen LogP contribution in [-0.2, 0) is 0 Å². The van der Waals surface area contributed by atoms with E-state index in [4.69, 9.17) is 0 Å². The van der Waals surface area contributed by atoms with E-state index in [1.165, 1.54) is 0 Å². The van der Waals surface area contributed by atoms with E-state index >= 15 is 0 Å². The maximum Gasteiger partial charge on any atom is 0.272 e. The molecular weight excluding hydrogens is 228 g/mol. The molecule has 0 unspecified atom stereocenters. The Balaban J connectivity index is 2.07. The third-order valence-electron chi connectivity index (χ3n) is 2.76. The first kappa shape index (κ1) is 10.7. The van der Waals surface area contributed by atoms with Gasteiger partial charge in [0.1, 0.15) is 0 Å². The minimum absolute atomic E-state index is 0.158. The van der Waals surface area contributed by atoms with Gasteiger partial charge in [-0.2, -0.15) is 0 Å². The van der Waals surface area contributed by atoms with E-state index in [1.807, 2.05) is 30.3 Å². The Morgan fingerprint density at radius 2 is 1.83 bits per heavy atom. The summed E-state index contributed by atoms with van der Waals surface area (Å²) in [6.45, 7) is 1.28. The molecule has 0 spiro atoms. The Hall–Kier alpha value is -2.43. The molecule has 5 heteroatoms. The lowest BCUT2D eigenvalue weighted by molar-refractivity contribution is 0.0953. The van der Waals surface area contributed by atoms with Crippen LogP contribution in [0.2, 0.25) is 0 Å². The van der Waals surface area contributed by atoms with Crippen LogP contribution in [-0.4, -0.2) is 29.0 Å². The van der Waals surface area contributed by atoms with Gasteiger partial charge in [0.2, 0.25) is 0 Å². The maximum atomic E-state index is 11.8. The molecule has 3 rings (SSSR count). The first-order valence-electron chi connectivity index (χ1n) is 5.79. The van der Waals surface area contributed by atoms with Crippen molar-refractivity contribution in [2.45, 2.75) is 0 Å². The van der Waals surface area contributed by atoms with Crippen LogP contribution < -0.4 is 10.6 Å². The second kappa shape index (κ2) is 4.44. The standard InChI is InChI=1S/C13H12N4O/c18-13-11-10(14-6-7-15-13)8-16-12(17-11)9-4-2-1-3-5-9/h1-5,8,14H,6-7H2,(H,15,18). The summed E-state index contributed by atoms with van der Waals surface area (Å²) >= 11 is 0.